The molecule has 2 atom stereocenters. The van der Waals surface area contributed by atoms with Crippen LogP contribution < -0.4 is 0 Å². The standard InChI is InChI=1S/C16H16Br2F2O2/c1-8-4-5-11(19)9(14(8)20)7-22-15(21)13-10(6-12(17)18)16(13,2)3/h4-6,10,13H,7H2,1-3H3/t10-,13-/m0/s1. The predicted molar refractivity (Wildman–Crippen MR) is 87.6 cm³/mol. The zero-order valence-corrected chi connectivity index (χ0v) is 15.6. The van der Waals surface area contributed by atoms with Crippen LogP contribution in [0.4, 0.5) is 8.78 Å². The molecule has 0 amide bonds. The third-order valence-corrected chi connectivity index (χ3v) is 4.74. The van der Waals surface area contributed by atoms with E-state index >= 15 is 0 Å². The van der Waals surface area contributed by atoms with Crippen LogP contribution in [0.1, 0.15) is 25.0 Å². The van der Waals surface area contributed by atoms with Gasteiger partial charge in [0.25, 0.3) is 0 Å². The van der Waals surface area contributed by atoms with Gasteiger partial charge < -0.3 is 4.74 Å². The number of benzene rings is 1. The van der Waals surface area contributed by atoms with Crippen molar-refractivity contribution in [1.29, 1.82) is 0 Å². The Bertz CT molecular complexity index is 637. The fourth-order valence-corrected chi connectivity index (χ4v) is 3.22. The SMILES string of the molecule is Cc1ccc(F)c(COC(=O)[C@@H]2[C@H](C=C(Br)Br)C2(C)C)c1F. The normalized spacial score (nSPS) is 22.1. The van der Waals surface area contributed by atoms with Crippen molar-refractivity contribution in [3.05, 3.63) is 44.4 Å². The molecule has 0 spiro atoms. The smallest absolute Gasteiger partial charge is 0.310 e. The average Bonchev–Trinajstić information content (AvgIpc) is 2.94. The first kappa shape index (κ1) is 17.6. The fourth-order valence-electron chi connectivity index (χ4n) is 2.65. The average molecular weight is 438 g/mol. The van der Waals surface area contributed by atoms with Crippen LogP contribution in [0.3, 0.4) is 0 Å². The van der Waals surface area contributed by atoms with Crippen LogP contribution >= 0.6 is 31.9 Å². The van der Waals surface area contributed by atoms with Crippen molar-refractivity contribution >= 4 is 37.8 Å². The summed E-state index contributed by atoms with van der Waals surface area (Å²) in [5.74, 6) is -2.09. The Morgan fingerprint density at radius 2 is 2.00 bits per heavy atom. The van der Waals surface area contributed by atoms with E-state index in [1.807, 2.05) is 19.9 Å². The number of carbonyl (C=O) groups is 1. The topological polar surface area (TPSA) is 26.3 Å². The number of hydrogen-bond donors (Lipinski definition) is 0. The second-order valence-electron chi connectivity index (χ2n) is 6.05. The molecule has 120 valence electrons. The van der Waals surface area contributed by atoms with Crippen LogP contribution in [0.25, 0.3) is 0 Å². The number of hydrogen-bond acceptors (Lipinski definition) is 2. The Morgan fingerprint density at radius 3 is 2.59 bits per heavy atom. The lowest BCUT2D eigenvalue weighted by Crippen LogP contribution is -2.12. The van der Waals surface area contributed by atoms with Crippen LogP contribution in [-0.2, 0) is 16.1 Å². The van der Waals surface area contributed by atoms with Crippen molar-refractivity contribution < 1.29 is 18.3 Å². The van der Waals surface area contributed by atoms with Gasteiger partial charge in [-0.05, 0) is 61.7 Å². The molecule has 0 aliphatic heterocycles. The summed E-state index contributed by atoms with van der Waals surface area (Å²) in [6, 6.07) is 2.53. The van der Waals surface area contributed by atoms with Crippen molar-refractivity contribution in [2.75, 3.05) is 0 Å². The van der Waals surface area contributed by atoms with E-state index in [9.17, 15) is 13.6 Å². The molecule has 1 aromatic carbocycles. The van der Waals surface area contributed by atoms with Gasteiger partial charge in [-0.25, -0.2) is 8.78 Å². The zero-order chi connectivity index (χ0) is 16.7. The molecular formula is C16H16Br2F2O2. The van der Waals surface area contributed by atoms with Crippen LogP contribution in [0.15, 0.2) is 21.6 Å². The molecule has 0 aromatic heterocycles. The third kappa shape index (κ3) is 3.43. The molecule has 0 bridgehead atoms. The lowest BCUT2D eigenvalue weighted by molar-refractivity contribution is -0.147. The van der Waals surface area contributed by atoms with Gasteiger partial charge in [0.15, 0.2) is 0 Å². The second-order valence-corrected chi connectivity index (χ2v) is 8.82. The van der Waals surface area contributed by atoms with Gasteiger partial charge in [0.2, 0.25) is 0 Å². The Balaban J connectivity index is 2.06. The first-order chi connectivity index (χ1) is 10.2. The van der Waals surface area contributed by atoms with Gasteiger partial charge in [-0.3, -0.25) is 4.79 Å². The van der Waals surface area contributed by atoms with Crippen LogP contribution in [0, 0.1) is 35.8 Å². The molecule has 6 heteroatoms. The van der Waals surface area contributed by atoms with Crippen molar-refractivity contribution in [3.8, 4) is 0 Å². The molecule has 1 saturated carbocycles. The Labute approximate surface area is 145 Å². The predicted octanol–water partition coefficient (Wildman–Crippen LogP) is 5.22. The van der Waals surface area contributed by atoms with Gasteiger partial charge in [-0.2, -0.15) is 0 Å². The number of carbonyl (C=O) groups excluding carboxylic acids is 1. The maximum absolute atomic E-state index is 13.9. The third-order valence-electron chi connectivity index (χ3n) is 4.21. The van der Waals surface area contributed by atoms with E-state index in [2.05, 4.69) is 31.9 Å². The summed E-state index contributed by atoms with van der Waals surface area (Å²) in [5, 5.41) is 0. The largest absolute Gasteiger partial charge is 0.460 e. The summed E-state index contributed by atoms with van der Waals surface area (Å²) in [7, 11) is 0. The second kappa shape index (κ2) is 6.40. The van der Waals surface area contributed by atoms with Crippen molar-refractivity contribution in [2.45, 2.75) is 27.4 Å². The monoisotopic (exact) mass is 436 g/mol. The summed E-state index contributed by atoms with van der Waals surface area (Å²) in [6.45, 7) is 5.06. The zero-order valence-electron chi connectivity index (χ0n) is 12.4. The van der Waals surface area contributed by atoms with Gasteiger partial charge in [0.05, 0.1) is 14.9 Å². The minimum Gasteiger partial charge on any atom is -0.460 e. The lowest BCUT2D eigenvalue weighted by Gasteiger charge is -2.09. The molecule has 0 heterocycles. The molecule has 0 unspecified atom stereocenters. The Morgan fingerprint density at radius 1 is 1.36 bits per heavy atom. The van der Waals surface area contributed by atoms with Gasteiger partial charge in [0, 0.05) is 0 Å². The first-order valence-electron chi connectivity index (χ1n) is 6.79. The molecule has 1 fully saturated rings. The molecule has 22 heavy (non-hydrogen) atoms. The number of ether oxygens (including phenoxy) is 1. The van der Waals surface area contributed by atoms with Crippen molar-refractivity contribution in [3.63, 3.8) is 0 Å². The highest BCUT2D eigenvalue weighted by Crippen LogP contribution is 2.60. The first-order valence-corrected chi connectivity index (χ1v) is 8.37. The number of esters is 1. The highest BCUT2D eigenvalue weighted by atomic mass is 79.9. The maximum atomic E-state index is 13.9. The molecule has 2 rings (SSSR count). The minimum absolute atomic E-state index is 0.0287. The number of allylic oxidation sites excluding steroid dienone is 1. The van der Waals surface area contributed by atoms with E-state index in [-0.39, 0.29) is 22.8 Å². The van der Waals surface area contributed by atoms with Crippen molar-refractivity contribution in [2.24, 2.45) is 17.3 Å². The highest BCUT2D eigenvalue weighted by Gasteiger charge is 2.61. The molecule has 2 nitrogen and oxygen atoms in total. The molecular weight excluding hydrogens is 422 g/mol. The van der Waals surface area contributed by atoms with E-state index in [0.717, 1.165) is 3.39 Å². The highest BCUT2D eigenvalue weighted by molar-refractivity contribution is 9.28. The molecule has 1 aromatic rings. The van der Waals surface area contributed by atoms with E-state index < -0.39 is 24.2 Å². The summed E-state index contributed by atoms with van der Waals surface area (Å²) < 4.78 is 33.4. The van der Waals surface area contributed by atoms with Crippen molar-refractivity contribution in [1.82, 2.24) is 0 Å². The Hall–Kier alpha value is -0.750. The van der Waals surface area contributed by atoms with Crippen LogP contribution in [-0.4, -0.2) is 5.97 Å². The van der Waals surface area contributed by atoms with E-state index in [0.29, 0.717) is 5.56 Å². The van der Waals surface area contributed by atoms with Gasteiger partial charge in [0.1, 0.15) is 18.2 Å². The molecule has 1 aliphatic rings. The van der Waals surface area contributed by atoms with Crippen LogP contribution in [0.2, 0.25) is 0 Å². The molecule has 0 saturated heterocycles. The summed E-state index contributed by atoms with van der Waals surface area (Å²) in [5.41, 5.74) is -0.114. The van der Waals surface area contributed by atoms with Gasteiger partial charge >= 0.3 is 5.97 Å². The van der Waals surface area contributed by atoms with E-state index in [4.69, 9.17) is 4.74 Å². The van der Waals surface area contributed by atoms with Gasteiger partial charge in [-0.15, -0.1) is 0 Å². The molecule has 0 N–H and O–H groups in total. The summed E-state index contributed by atoms with van der Waals surface area (Å²) in [4.78, 5) is 12.2. The number of halogens is 4. The Kier molecular flexibility index (Phi) is 5.12. The summed E-state index contributed by atoms with van der Waals surface area (Å²) in [6.07, 6.45) is 1.89. The lowest BCUT2D eigenvalue weighted by atomic mass is 10.1. The maximum Gasteiger partial charge on any atom is 0.310 e. The number of rotatable bonds is 4. The van der Waals surface area contributed by atoms with E-state index in [1.54, 1.807) is 6.92 Å². The summed E-state index contributed by atoms with van der Waals surface area (Å²) >= 11 is 6.54. The molecule has 1 aliphatic carbocycles. The van der Waals surface area contributed by atoms with Gasteiger partial charge in [-0.1, -0.05) is 26.0 Å². The number of aryl methyl sites for hydroxylation is 1. The van der Waals surface area contributed by atoms with Crippen LogP contribution in [0.5, 0.6) is 0 Å². The quantitative estimate of drug-likeness (QED) is 0.603. The molecule has 0 radical (unpaired) electrons. The minimum atomic E-state index is -0.703. The van der Waals surface area contributed by atoms with E-state index in [1.165, 1.54) is 12.1 Å². The fraction of sp³-hybridized carbons (Fsp3) is 0.438.